The minimum atomic E-state index is -1.01. The lowest BCUT2D eigenvalue weighted by atomic mass is 9.45. The van der Waals surface area contributed by atoms with Crippen LogP contribution in [0.5, 0.6) is 0 Å². The summed E-state index contributed by atoms with van der Waals surface area (Å²) in [6.45, 7) is 6.28. The Morgan fingerprint density at radius 2 is 1.94 bits per heavy atom. The summed E-state index contributed by atoms with van der Waals surface area (Å²) < 4.78 is 15.4. The highest BCUT2D eigenvalue weighted by Gasteiger charge is 2.66. The van der Waals surface area contributed by atoms with Crippen molar-refractivity contribution < 1.29 is 14.6 Å². The normalized spacial score (nSPS) is 40.2. The zero-order valence-corrected chi connectivity index (χ0v) is 20.2. The third-order valence-corrected chi connectivity index (χ3v) is 9.98. The molecule has 0 amide bonds. The van der Waals surface area contributed by atoms with Gasteiger partial charge in [0, 0.05) is 5.41 Å². The molecule has 34 heavy (non-hydrogen) atoms. The summed E-state index contributed by atoms with van der Waals surface area (Å²) in [4.78, 5) is 0. The molecule has 3 unspecified atom stereocenters. The summed E-state index contributed by atoms with van der Waals surface area (Å²) in [6.07, 6.45) is 8.85. The van der Waals surface area contributed by atoms with Crippen molar-refractivity contribution in [3.8, 4) is 17.5 Å². The van der Waals surface area contributed by atoms with Crippen molar-refractivity contribution in [1.82, 2.24) is 9.78 Å². The fourth-order valence-corrected chi connectivity index (χ4v) is 8.39. The second-order valence-corrected chi connectivity index (χ2v) is 11.5. The van der Waals surface area contributed by atoms with Crippen molar-refractivity contribution >= 4 is 6.08 Å². The topological polar surface area (TPSA) is 58.3 Å². The largest absolute Gasteiger partial charge is 0.393 e. The highest BCUT2D eigenvalue weighted by molar-refractivity contribution is 5.61. The number of aromatic nitrogens is 2. The first-order valence-electron chi connectivity index (χ1n) is 12.6. The summed E-state index contributed by atoms with van der Waals surface area (Å²) in [7, 11) is 0. The van der Waals surface area contributed by atoms with Gasteiger partial charge < -0.3 is 10.2 Å². The van der Waals surface area contributed by atoms with Crippen LogP contribution in [0.2, 0.25) is 0 Å². The molecule has 0 spiro atoms. The maximum Gasteiger partial charge on any atom is 0.131 e. The first kappa shape index (κ1) is 22.1. The van der Waals surface area contributed by atoms with E-state index in [1.54, 1.807) is 19.1 Å². The van der Waals surface area contributed by atoms with Crippen molar-refractivity contribution in [3.05, 3.63) is 53.1 Å². The molecule has 1 aromatic heterocycles. The van der Waals surface area contributed by atoms with Gasteiger partial charge in [-0.2, -0.15) is 5.10 Å². The third-order valence-electron chi connectivity index (χ3n) is 9.98. The molecule has 2 N–H and O–H groups in total. The van der Waals surface area contributed by atoms with Crippen molar-refractivity contribution in [3.63, 3.8) is 0 Å². The molecular weight excluding hydrogens is 427 g/mol. The standard InChI is InChI=1S/C29H33FN2O2/c1-4-12-29(34)13-11-23-22-10-5-19-14-24-18(17-31-32(24)21-8-6-20(30)7-9-21)15-27(19,2)26(22)25(33)16-28(23,29)3/h6-9,14,17,22-23,25-26,33-34H,5,10-11,13,15-16H2,1-3H3/t22?,23?,25-,26?,27-,28-,29-/m0/s1. The fraction of sp³-hybridized carbons (Fsp3) is 0.552. The second kappa shape index (κ2) is 7.29. The molecule has 1 heterocycles. The average molecular weight is 461 g/mol. The summed E-state index contributed by atoms with van der Waals surface area (Å²) in [6, 6.07) is 6.46. The Morgan fingerprint density at radius 1 is 1.18 bits per heavy atom. The molecule has 0 bridgehead atoms. The number of fused-ring (bicyclic) bond motifs is 6. The summed E-state index contributed by atoms with van der Waals surface area (Å²) in [5.74, 6) is 6.73. The van der Waals surface area contributed by atoms with Crippen molar-refractivity contribution in [1.29, 1.82) is 0 Å². The van der Waals surface area contributed by atoms with Crippen LogP contribution in [0.4, 0.5) is 4.39 Å². The molecule has 6 rings (SSSR count). The minimum absolute atomic E-state index is 0.134. The van der Waals surface area contributed by atoms with Crippen LogP contribution in [0.3, 0.4) is 0 Å². The Morgan fingerprint density at radius 3 is 2.68 bits per heavy atom. The molecule has 7 atom stereocenters. The molecule has 4 nitrogen and oxygen atoms in total. The Bertz CT molecular complexity index is 1240. The van der Waals surface area contributed by atoms with Crippen molar-refractivity contribution in [2.45, 2.75) is 71.0 Å². The van der Waals surface area contributed by atoms with Gasteiger partial charge in [-0.3, -0.25) is 0 Å². The van der Waals surface area contributed by atoms with E-state index in [-0.39, 0.29) is 22.6 Å². The lowest BCUT2D eigenvalue weighted by Crippen LogP contribution is -2.59. The van der Waals surface area contributed by atoms with E-state index >= 15 is 0 Å². The van der Waals surface area contributed by atoms with E-state index in [1.165, 1.54) is 23.3 Å². The van der Waals surface area contributed by atoms with Gasteiger partial charge in [0.15, 0.2) is 0 Å². The summed E-state index contributed by atoms with van der Waals surface area (Å²) in [5, 5.41) is 27.8. The van der Waals surface area contributed by atoms with E-state index in [0.29, 0.717) is 24.7 Å². The number of aliphatic hydroxyl groups is 2. The lowest BCUT2D eigenvalue weighted by molar-refractivity contribution is -0.152. The maximum atomic E-state index is 13.5. The molecule has 5 heteroatoms. The monoisotopic (exact) mass is 460 g/mol. The van der Waals surface area contributed by atoms with Crippen molar-refractivity contribution in [2.24, 2.45) is 28.6 Å². The van der Waals surface area contributed by atoms with Crippen LogP contribution in [-0.2, 0) is 6.42 Å². The number of hydrogen-bond donors (Lipinski definition) is 2. The van der Waals surface area contributed by atoms with E-state index in [9.17, 15) is 14.6 Å². The number of aliphatic hydroxyl groups excluding tert-OH is 1. The number of allylic oxidation sites excluding steroid dienone is 1. The zero-order chi connectivity index (χ0) is 23.9. The van der Waals surface area contributed by atoms with E-state index in [2.05, 4.69) is 36.9 Å². The Hall–Kier alpha value is -2.42. The Labute approximate surface area is 200 Å². The third kappa shape index (κ3) is 2.82. The molecule has 178 valence electrons. The van der Waals surface area contributed by atoms with Gasteiger partial charge in [-0.1, -0.05) is 25.3 Å². The maximum absolute atomic E-state index is 13.5. The van der Waals surface area contributed by atoms with E-state index < -0.39 is 11.7 Å². The molecule has 0 aliphatic heterocycles. The first-order chi connectivity index (χ1) is 16.2. The van der Waals surface area contributed by atoms with E-state index in [4.69, 9.17) is 0 Å². The van der Waals surface area contributed by atoms with Crippen LogP contribution >= 0.6 is 0 Å². The van der Waals surface area contributed by atoms with Crippen LogP contribution in [0.1, 0.15) is 64.1 Å². The van der Waals surface area contributed by atoms with Crippen LogP contribution < -0.4 is 0 Å². The van der Waals surface area contributed by atoms with E-state index in [0.717, 1.165) is 37.1 Å². The molecule has 4 aliphatic rings. The Kier molecular flexibility index (Phi) is 4.73. The average Bonchev–Trinajstić information content (AvgIpc) is 3.30. The quantitative estimate of drug-likeness (QED) is 0.594. The number of benzene rings is 1. The van der Waals surface area contributed by atoms with Crippen LogP contribution in [0.15, 0.2) is 36.0 Å². The smallest absolute Gasteiger partial charge is 0.131 e. The number of hydrogen-bond acceptors (Lipinski definition) is 3. The van der Waals surface area contributed by atoms with Gasteiger partial charge >= 0.3 is 0 Å². The van der Waals surface area contributed by atoms with Gasteiger partial charge in [-0.15, -0.1) is 5.92 Å². The number of rotatable bonds is 1. The van der Waals surface area contributed by atoms with Crippen LogP contribution in [-0.4, -0.2) is 31.7 Å². The van der Waals surface area contributed by atoms with Gasteiger partial charge in [0.25, 0.3) is 0 Å². The number of nitrogens with zero attached hydrogens (tertiary/aromatic N) is 2. The van der Waals surface area contributed by atoms with Crippen LogP contribution in [0, 0.1) is 46.2 Å². The minimum Gasteiger partial charge on any atom is -0.393 e. The lowest BCUT2D eigenvalue weighted by Gasteiger charge is -2.60. The predicted octanol–water partition coefficient (Wildman–Crippen LogP) is 4.92. The van der Waals surface area contributed by atoms with Gasteiger partial charge in [-0.25, -0.2) is 9.07 Å². The second-order valence-electron chi connectivity index (χ2n) is 11.5. The van der Waals surface area contributed by atoms with Crippen LogP contribution in [0.25, 0.3) is 11.8 Å². The molecule has 2 aromatic rings. The molecule has 3 saturated carbocycles. The molecule has 4 aliphatic carbocycles. The highest BCUT2D eigenvalue weighted by Crippen LogP contribution is 2.67. The predicted molar refractivity (Wildman–Crippen MR) is 129 cm³/mol. The Balaban J connectivity index is 1.38. The fourth-order valence-electron chi connectivity index (χ4n) is 8.39. The SMILES string of the molecule is CC#C[C@]1(O)CCC2C3CCC4=Cc5c(cnn5-c5ccc(F)cc5)C[C@]4(C)C3[C@@H](O)C[C@@]21C. The molecule has 0 radical (unpaired) electrons. The van der Waals surface area contributed by atoms with Gasteiger partial charge in [0.1, 0.15) is 11.4 Å². The first-order valence-corrected chi connectivity index (χ1v) is 12.6. The van der Waals surface area contributed by atoms with Crippen molar-refractivity contribution in [2.75, 3.05) is 0 Å². The molecular formula is C29H33FN2O2. The van der Waals surface area contributed by atoms with E-state index in [1.807, 2.05) is 10.9 Å². The molecule has 1 aromatic carbocycles. The molecule has 3 fully saturated rings. The number of halogens is 1. The summed E-state index contributed by atoms with van der Waals surface area (Å²) >= 11 is 0. The molecule has 0 saturated heterocycles. The zero-order valence-electron chi connectivity index (χ0n) is 20.2. The van der Waals surface area contributed by atoms with Gasteiger partial charge in [0.05, 0.1) is 23.7 Å². The highest BCUT2D eigenvalue weighted by atomic mass is 19.1. The van der Waals surface area contributed by atoms with Gasteiger partial charge in [0.2, 0.25) is 0 Å². The van der Waals surface area contributed by atoms with Gasteiger partial charge in [-0.05, 0) is 105 Å². The summed E-state index contributed by atoms with van der Waals surface area (Å²) in [5.41, 5.74) is 2.97.